The lowest BCUT2D eigenvalue weighted by Gasteiger charge is -1.99. The summed E-state index contributed by atoms with van der Waals surface area (Å²) in [4.78, 5) is 0. The van der Waals surface area contributed by atoms with Gasteiger partial charge in [0.05, 0.1) is 0 Å². The molecule has 10 heteroatoms. The zero-order valence-electron chi connectivity index (χ0n) is 6.08. The molecule has 0 bridgehead atoms. The molecular weight excluding hydrogens is 345 g/mol. The van der Waals surface area contributed by atoms with Crippen LogP contribution in [0.25, 0.3) is 0 Å². The maximum Gasteiger partial charge on any atom is 0.000468 e. The van der Waals surface area contributed by atoms with Gasteiger partial charge < -0.3 is 0 Å². The molecule has 0 aromatic rings. The van der Waals surface area contributed by atoms with Crippen molar-refractivity contribution in [2.45, 2.75) is 0 Å². The molecule has 0 aromatic carbocycles. The van der Waals surface area contributed by atoms with E-state index in [2.05, 4.69) is 6.26 Å². The Morgan fingerprint density at radius 1 is 0.917 bits per heavy atom. The van der Waals surface area contributed by atoms with Gasteiger partial charge in [0, 0.05) is 6.26 Å². The van der Waals surface area contributed by atoms with E-state index in [9.17, 15) is 0 Å². The van der Waals surface area contributed by atoms with Gasteiger partial charge in [0.25, 0.3) is 0 Å². The number of hydrogen-bond acceptors (Lipinski definition) is 9. The molecule has 0 aliphatic rings. The summed E-state index contributed by atoms with van der Waals surface area (Å²) < 4.78 is 0. The fraction of sp³-hybridized carbons (Fsp3) is 1.00. The Hall–Kier alpha value is 3.24. The molecule has 0 saturated carbocycles. The monoisotopic (exact) mass is 350 g/mol. The van der Waals surface area contributed by atoms with Crippen LogP contribution >= 0.6 is 69.7 Å². The second-order valence-electron chi connectivity index (χ2n) is 1.28. The summed E-state index contributed by atoms with van der Waals surface area (Å²) in [6.07, 6.45) is 2.79. The van der Waals surface area contributed by atoms with E-state index in [1.165, 1.54) is 0 Å². The summed E-state index contributed by atoms with van der Waals surface area (Å²) in [5.74, 6) is 0. The Bertz CT molecular complexity index is 178. The topological polar surface area (TPSA) is 0 Å². The highest BCUT2D eigenvalue weighted by Gasteiger charge is 1.97. The molecule has 0 saturated heterocycles. The van der Waals surface area contributed by atoms with Gasteiger partial charge in [-0.3, -0.25) is 0 Å². The molecule has 0 atom stereocenters. The second-order valence-corrected chi connectivity index (χ2v) is 22.5. The standard InChI is InChI=1S/C2H6S10/c1-5-6-7-8-9-10-11-12(2,3)4/h1-2H3. The Kier molecular flexibility index (Phi) is 12.0. The van der Waals surface area contributed by atoms with Crippen LogP contribution in [-0.4, -0.2) is 12.5 Å². The van der Waals surface area contributed by atoms with Crippen LogP contribution in [0.1, 0.15) is 0 Å². The lowest BCUT2D eigenvalue weighted by atomic mass is 12.0. The first kappa shape index (κ1) is 15.2. The maximum absolute atomic E-state index is 5.09. The Balaban J connectivity index is 3.12. The van der Waals surface area contributed by atoms with E-state index in [0.717, 1.165) is 0 Å². The van der Waals surface area contributed by atoms with Crippen LogP contribution in [0.15, 0.2) is 0 Å². The minimum Gasteiger partial charge on any atom is -0.0851 e. The first-order valence-electron chi connectivity index (χ1n) is 2.32. The second kappa shape index (κ2) is 9.46. The van der Waals surface area contributed by atoms with Crippen LogP contribution in [0.5, 0.6) is 0 Å². The Morgan fingerprint density at radius 3 is 1.92 bits per heavy atom. The average molecular weight is 351 g/mol. The minimum absolute atomic E-state index is 1.23. The van der Waals surface area contributed by atoms with E-state index in [-0.39, 0.29) is 0 Å². The van der Waals surface area contributed by atoms with Crippen molar-refractivity contribution in [2.24, 2.45) is 0 Å². The van der Waals surface area contributed by atoms with Gasteiger partial charge in [-0.2, -0.15) is 0 Å². The van der Waals surface area contributed by atoms with Gasteiger partial charge in [0.1, 0.15) is 0 Å². The smallest absolute Gasteiger partial charge is 0.000468 e. The van der Waals surface area contributed by atoms with Gasteiger partial charge in [0.2, 0.25) is 0 Å². The van der Waals surface area contributed by atoms with Gasteiger partial charge in [-0.25, -0.2) is 0 Å². The minimum atomic E-state index is -1.23. The van der Waals surface area contributed by atoms with E-state index in [0.29, 0.717) is 0 Å². The van der Waals surface area contributed by atoms with Crippen molar-refractivity contribution in [1.82, 2.24) is 0 Å². The summed E-state index contributed by atoms with van der Waals surface area (Å²) in [7, 11) is 12.1. The molecule has 0 heterocycles. The zero-order chi connectivity index (χ0) is 9.45. The lowest BCUT2D eigenvalue weighted by Crippen LogP contribution is -1.75. The van der Waals surface area contributed by atoms with Crippen molar-refractivity contribution < 1.29 is 0 Å². The molecule has 0 aliphatic heterocycles. The highest BCUT2D eigenvalue weighted by molar-refractivity contribution is 9.49. The highest BCUT2D eigenvalue weighted by Crippen LogP contribution is 2.55. The van der Waals surface area contributed by atoms with Crippen LogP contribution in [-0.2, 0) is 28.6 Å². The van der Waals surface area contributed by atoms with Crippen LogP contribution < -0.4 is 0 Å². The average Bonchev–Trinajstić information content (AvgIpc) is 1.94. The first-order valence-corrected chi connectivity index (χ1v) is 15.9. The molecule has 0 aromatic heterocycles. The fourth-order valence-electron chi connectivity index (χ4n) is 0.124. The normalized spacial score (nSPS) is 11.8. The predicted molar refractivity (Wildman–Crippen MR) is 87.1 cm³/mol. The third-order valence-electron chi connectivity index (χ3n) is 0.331. The van der Waals surface area contributed by atoms with E-state index in [1.807, 2.05) is 6.26 Å². The Morgan fingerprint density at radius 2 is 1.42 bits per heavy atom. The molecule has 0 aliphatic carbocycles. The molecule has 12 heavy (non-hydrogen) atoms. The molecular formula is C2H6S10. The predicted octanol–water partition coefficient (Wildman–Crippen LogP) is 4.86. The molecule has 0 rings (SSSR count). The van der Waals surface area contributed by atoms with Crippen molar-refractivity contribution in [3.05, 3.63) is 0 Å². The molecule has 0 fully saturated rings. The van der Waals surface area contributed by atoms with Crippen molar-refractivity contribution >= 4 is 98.3 Å². The quantitative estimate of drug-likeness (QED) is 0.462. The van der Waals surface area contributed by atoms with Gasteiger partial charge >= 0.3 is 0 Å². The SMILES string of the molecule is CSSSSSSSS(C)(=S)=S. The van der Waals surface area contributed by atoms with E-state index in [4.69, 9.17) is 22.4 Å². The van der Waals surface area contributed by atoms with Crippen LogP contribution in [0, 0.1) is 0 Å². The largest absolute Gasteiger partial charge is 0.0851 e. The molecule has 0 nitrogen and oxygen atoms in total. The molecule has 0 unspecified atom stereocenters. The maximum atomic E-state index is 5.09. The zero-order valence-corrected chi connectivity index (χ0v) is 14.2. The van der Waals surface area contributed by atoms with E-state index >= 15 is 0 Å². The summed E-state index contributed by atoms with van der Waals surface area (Å²) in [6, 6.07) is 0. The summed E-state index contributed by atoms with van der Waals surface area (Å²) in [5.41, 5.74) is 0. The molecule has 74 valence electrons. The number of rotatable bonds is 7. The Labute approximate surface area is 109 Å². The summed E-state index contributed by atoms with van der Waals surface area (Å²) >= 11 is 10.2. The van der Waals surface area contributed by atoms with Gasteiger partial charge in [0.15, 0.2) is 0 Å². The molecule has 0 N–H and O–H groups in total. The molecule has 0 amide bonds. The first-order chi connectivity index (χ1) is 5.56. The fourth-order valence-corrected chi connectivity index (χ4v) is 21.0. The van der Waals surface area contributed by atoms with Crippen LogP contribution in [0.2, 0.25) is 0 Å². The van der Waals surface area contributed by atoms with Crippen LogP contribution in [0.4, 0.5) is 0 Å². The molecule has 0 spiro atoms. The lowest BCUT2D eigenvalue weighted by molar-refractivity contribution is 2.53. The third kappa shape index (κ3) is 13.2. The summed E-state index contributed by atoms with van der Waals surface area (Å²) in [6.45, 7) is 0. The molecule has 0 radical (unpaired) electrons. The number of hydrogen-bond donors (Lipinski definition) is 0. The van der Waals surface area contributed by atoms with Gasteiger partial charge in [-0.15, -0.1) is 0 Å². The van der Waals surface area contributed by atoms with Crippen molar-refractivity contribution in [3.8, 4) is 0 Å². The van der Waals surface area contributed by atoms with E-state index in [1.54, 1.807) is 69.7 Å². The van der Waals surface area contributed by atoms with Gasteiger partial charge in [-0.1, -0.05) is 10.8 Å². The van der Waals surface area contributed by atoms with Crippen molar-refractivity contribution in [2.75, 3.05) is 12.5 Å². The van der Waals surface area contributed by atoms with E-state index < -0.39 is 6.18 Å². The van der Waals surface area contributed by atoms with Crippen molar-refractivity contribution in [1.29, 1.82) is 0 Å². The van der Waals surface area contributed by atoms with Gasteiger partial charge in [-0.05, 0) is 93.8 Å². The van der Waals surface area contributed by atoms with Crippen molar-refractivity contribution in [3.63, 3.8) is 0 Å². The highest BCUT2D eigenvalue weighted by atomic mass is 34.0. The third-order valence-corrected chi connectivity index (χ3v) is 19.4. The summed E-state index contributed by atoms with van der Waals surface area (Å²) in [5, 5.41) is 0. The van der Waals surface area contributed by atoms with Crippen LogP contribution in [0.3, 0.4) is 0 Å².